The fourth-order valence-electron chi connectivity index (χ4n) is 1.97. The van der Waals surface area contributed by atoms with E-state index in [1.807, 2.05) is 38.1 Å². The zero-order chi connectivity index (χ0) is 14.0. The van der Waals surface area contributed by atoms with Crippen LogP contribution in [0.3, 0.4) is 0 Å². The van der Waals surface area contributed by atoms with Gasteiger partial charge in [0.15, 0.2) is 5.78 Å². The summed E-state index contributed by atoms with van der Waals surface area (Å²) < 4.78 is 2.47. The van der Waals surface area contributed by atoms with E-state index in [0.29, 0.717) is 17.8 Å². The first-order valence-electron chi connectivity index (χ1n) is 6.09. The monoisotopic (exact) mass is 321 g/mol. The Hall–Kier alpha value is -1.62. The van der Waals surface area contributed by atoms with Crippen LogP contribution in [0.15, 0.2) is 34.9 Å². The number of ketones is 1. The standard InChI is InChI=1S/C14H16BrN3O/c1-9(2)18-14(12(15)8-17-18)13(19)7-10-4-3-5-11(16)6-10/h3-6,8-9H,7,16H2,1-2H3. The summed E-state index contributed by atoms with van der Waals surface area (Å²) in [6.45, 7) is 3.99. The molecular weight excluding hydrogens is 306 g/mol. The van der Waals surface area contributed by atoms with E-state index in [4.69, 9.17) is 5.73 Å². The van der Waals surface area contributed by atoms with Crippen LogP contribution in [0, 0.1) is 0 Å². The third-order valence-electron chi connectivity index (χ3n) is 2.82. The highest BCUT2D eigenvalue weighted by molar-refractivity contribution is 9.10. The molecule has 0 atom stereocenters. The molecule has 2 aromatic rings. The van der Waals surface area contributed by atoms with E-state index >= 15 is 0 Å². The van der Waals surface area contributed by atoms with Gasteiger partial charge < -0.3 is 5.73 Å². The van der Waals surface area contributed by atoms with Gasteiger partial charge in [-0.2, -0.15) is 5.10 Å². The molecule has 0 saturated heterocycles. The predicted octanol–water partition coefficient (Wildman–Crippen LogP) is 3.23. The van der Waals surface area contributed by atoms with Crippen molar-refractivity contribution in [2.75, 3.05) is 5.73 Å². The highest BCUT2D eigenvalue weighted by Crippen LogP contribution is 2.21. The third kappa shape index (κ3) is 3.04. The zero-order valence-electron chi connectivity index (χ0n) is 10.9. The summed E-state index contributed by atoms with van der Waals surface area (Å²) in [6.07, 6.45) is 1.98. The quantitative estimate of drug-likeness (QED) is 0.694. The Morgan fingerprint density at radius 3 is 2.84 bits per heavy atom. The molecule has 100 valence electrons. The van der Waals surface area contributed by atoms with Crippen molar-refractivity contribution in [3.63, 3.8) is 0 Å². The van der Waals surface area contributed by atoms with Gasteiger partial charge >= 0.3 is 0 Å². The Balaban J connectivity index is 2.28. The van der Waals surface area contributed by atoms with Crippen LogP contribution >= 0.6 is 15.9 Å². The first-order valence-corrected chi connectivity index (χ1v) is 6.89. The Morgan fingerprint density at radius 2 is 2.21 bits per heavy atom. The average molecular weight is 322 g/mol. The Kier molecular flexibility index (Phi) is 4.04. The minimum Gasteiger partial charge on any atom is -0.399 e. The van der Waals surface area contributed by atoms with Gasteiger partial charge in [0.1, 0.15) is 5.69 Å². The molecule has 19 heavy (non-hydrogen) atoms. The van der Waals surface area contributed by atoms with E-state index in [0.717, 1.165) is 10.0 Å². The molecule has 0 saturated carbocycles. The maximum absolute atomic E-state index is 12.4. The molecule has 0 spiro atoms. The van der Waals surface area contributed by atoms with Crippen LogP contribution < -0.4 is 5.73 Å². The maximum Gasteiger partial charge on any atom is 0.186 e. The first kappa shape index (κ1) is 13.8. The Labute approximate surface area is 120 Å². The summed E-state index contributed by atoms with van der Waals surface area (Å²) in [4.78, 5) is 12.4. The molecule has 1 aromatic carbocycles. The van der Waals surface area contributed by atoms with Crippen molar-refractivity contribution >= 4 is 27.4 Å². The molecule has 2 rings (SSSR count). The fourth-order valence-corrected chi connectivity index (χ4v) is 2.46. The lowest BCUT2D eigenvalue weighted by atomic mass is 10.1. The second kappa shape index (κ2) is 5.57. The van der Waals surface area contributed by atoms with Crippen molar-refractivity contribution in [2.45, 2.75) is 26.3 Å². The second-order valence-electron chi connectivity index (χ2n) is 4.72. The molecule has 0 fully saturated rings. The largest absolute Gasteiger partial charge is 0.399 e. The van der Waals surface area contributed by atoms with Crippen molar-refractivity contribution in [2.24, 2.45) is 0 Å². The van der Waals surface area contributed by atoms with Crippen molar-refractivity contribution < 1.29 is 4.79 Å². The molecule has 0 aliphatic carbocycles. The number of nitrogens with two attached hydrogens (primary N) is 1. The number of halogens is 1. The number of benzene rings is 1. The van der Waals surface area contributed by atoms with Crippen molar-refractivity contribution in [3.05, 3.63) is 46.2 Å². The molecule has 0 aliphatic rings. The SMILES string of the molecule is CC(C)n1ncc(Br)c1C(=O)Cc1cccc(N)c1. The van der Waals surface area contributed by atoms with Crippen LogP contribution in [0.2, 0.25) is 0 Å². The first-order chi connectivity index (χ1) is 8.99. The molecule has 0 aliphatic heterocycles. The Bertz CT molecular complexity index is 604. The topological polar surface area (TPSA) is 60.9 Å². The van der Waals surface area contributed by atoms with Gasteiger partial charge in [0.2, 0.25) is 0 Å². The number of carbonyl (C=O) groups is 1. The average Bonchev–Trinajstić information content (AvgIpc) is 2.71. The number of rotatable bonds is 4. The van der Waals surface area contributed by atoms with Gasteiger partial charge in [0.05, 0.1) is 10.7 Å². The van der Waals surface area contributed by atoms with E-state index in [9.17, 15) is 4.79 Å². The zero-order valence-corrected chi connectivity index (χ0v) is 12.5. The lowest BCUT2D eigenvalue weighted by Gasteiger charge is -2.10. The summed E-state index contributed by atoms with van der Waals surface area (Å²) in [5.74, 6) is 0.0312. The number of Topliss-reactive ketones (excluding diaryl/α,β-unsaturated/α-hetero) is 1. The van der Waals surface area contributed by atoms with E-state index in [1.165, 1.54) is 0 Å². The van der Waals surface area contributed by atoms with Crippen LogP contribution in [0.25, 0.3) is 0 Å². The predicted molar refractivity (Wildman–Crippen MR) is 79.2 cm³/mol. The summed E-state index contributed by atoms with van der Waals surface area (Å²) in [5, 5.41) is 4.22. The van der Waals surface area contributed by atoms with Crippen molar-refractivity contribution in [1.82, 2.24) is 9.78 Å². The molecule has 5 heteroatoms. The fraction of sp³-hybridized carbons (Fsp3) is 0.286. The number of hydrogen-bond acceptors (Lipinski definition) is 3. The number of hydrogen-bond donors (Lipinski definition) is 1. The second-order valence-corrected chi connectivity index (χ2v) is 5.58. The van der Waals surface area contributed by atoms with Crippen LogP contribution in [-0.2, 0) is 6.42 Å². The van der Waals surface area contributed by atoms with Crippen LogP contribution in [0.5, 0.6) is 0 Å². The number of carbonyl (C=O) groups excluding carboxylic acids is 1. The number of anilines is 1. The van der Waals surface area contributed by atoms with Gasteiger partial charge in [-0.1, -0.05) is 12.1 Å². The van der Waals surface area contributed by atoms with Gasteiger partial charge in [-0.15, -0.1) is 0 Å². The summed E-state index contributed by atoms with van der Waals surface area (Å²) >= 11 is 3.39. The molecule has 0 bridgehead atoms. The molecule has 2 N–H and O–H groups in total. The third-order valence-corrected chi connectivity index (χ3v) is 3.40. The lowest BCUT2D eigenvalue weighted by Crippen LogP contribution is -2.15. The molecule has 0 radical (unpaired) electrons. The van der Waals surface area contributed by atoms with Crippen molar-refractivity contribution in [1.29, 1.82) is 0 Å². The van der Waals surface area contributed by atoms with Crippen LogP contribution in [0.1, 0.15) is 35.9 Å². The smallest absolute Gasteiger partial charge is 0.186 e. The van der Waals surface area contributed by atoms with Gasteiger partial charge in [0.25, 0.3) is 0 Å². The lowest BCUT2D eigenvalue weighted by molar-refractivity contribution is 0.0980. The molecule has 1 heterocycles. The van der Waals surface area contributed by atoms with Crippen molar-refractivity contribution in [3.8, 4) is 0 Å². The van der Waals surface area contributed by atoms with E-state index < -0.39 is 0 Å². The molecule has 1 aromatic heterocycles. The summed E-state index contributed by atoms with van der Waals surface area (Å²) in [5.41, 5.74) is 7.91. The molecule has 0 amide bonds. The highest BCUT2D eigenvalue weighted by atomic mass is 79.9. The van der Waals surface area contributed by atoms with Gasteiger partial charge in [-0.25, -0.2) is 0 Å². The van der Waals surface area contributed by atoms with E-state index in [2.05, 4.69) is 21.0 Å². The van der Waals surface area contributed by atoms with Gasteiger partial charge in [-0.3, -0.25) is 9.48 Å². The number of nitrogens with zero attached hydrogens (tertiary/aromatic N) is 2. The summed E-state index contributed by atoms with van der Waals surface area (Å²) in [7, 11) is 0. The van der Waals surface area contributed by atoms with Crippen LogP contribution in [-0.4, -0.2) is 15.6 Å². The molecule has 4 nitrogen and oxygen atoms in total. The van der Waals surface area contributed by atoms with Gasteiger partial charge in [0, 0.05) is 18.2 Å². The highest BCUT2D eigenvalue weighted by Gasteiger charge is 2.19. The van der Waals surface area contributed by atoms with Gasteiger partial charge in [-0.05, 0) is 47.5 Å². The molecular formula is C14H16BrN3O. The van der Waals surface area contributed by atoms with E-state index in [1.54, 1.807) is 10.9 Å². The van der Waals surface area contributed by atoms with E-state index in [-0.39, 0.29) is 11.8 Å². The Morgan fingerprint density at radius 1 is 1.47 bits per heavy atom. The minimum absolute atomic E-state index is 0.0312. The number of aromatic nitrogens is 2. The number of nitrogen functional groups attached to an aromatic ring is 1. The van der Waals surface area contributed by atoms with Crippen LogP contribution in [0.4, 0.5) is 5.69 Å². The normalized spacial score (nSPS) is 10.9. The maximum atomic E-state index is 12.4. The summed E-state index contributed by atoms with van der Waals surface area (Å²) in [6, 6.07) is 7.53. The molecule has 0 unspecified atom stereocenters. The minimum atomic E-state index is 0.0312.